The van der Waals surface area contributed by atoms with E-state index in [9.17, 15) is 18.0 Å². The Hall–Kier alpha value is -2.55. The van der Waals surface area contributed by atoms with Crippen LogP contribution in [0, 0.1) is 0 Å². The summed E-state index contributed by atoms with van der Waals surface area (Å²) in [6.45, 7) is 0.558. The molecule has 0 bridgehead atoms. The second kappa shape index (κ2) is 9.13. The number of hydrogen-bond acceptors (Lipinski definition) is 4. The summed E-state index contributed by atoms with van der Waals surface area (Å²) in [5.41, 5.74) is 1.02. The lowest BCUT2D eigenvalue weighted by molar-refractivity contribution is -0.136. The summed E-state index contributed by atoms with van der Waals surface area (Å²) in [6, 6.07) is 12.3. The van der Waals surface area contributed by atoms with Crippen LogP contribution in [0.4, 0.5) is 0 Å². The fourth-order valence-corrected chi connectivity index (χ4v) is 5.91. The molecule has 0 aromatic heterocycles. The van der Waals surface area contributed by atoms with Crippen molar-refractivity contribution in [1.82, 2.24) is 14.5 Å². The molecule has 2 aliphatic heterocycles. The Labute approximate surface area is 196 Å². The molecule has 4 rings (SSSR count). The number of nitrogens with zero attached hydrogens (tertiary/aromatic N) is 2. The number of hydrogen-bond donors (Lipinski definition) is 1. The van der Waals surface area contributed by atoms with Crippen molar-refractivity contribution in [2.75, 3.05) is 6.54 Å². The van der Waals surface area contributed by atoms with E-state index in [1.54, 1.807) is 4.90 Å². The smallest absolute Gasteiger partial charge is 0.264 e. The third kappa shape index (κ3) is 4.35. The van der Waals surface area contributed by atoms with Crippen LogP contribution in [0.3, 0.4) is 0 Å². The molecule has 0 unspecified atom stereocenters. The maximum absolute atomic E-state index is 13.3. The van der Waals surface area contributed by atoms with E-state index in [0.717, 1.165) is 22.7 Å². The summed E-state index contributed by atoms with van der Waals surface area (Å²) >= 11 is 11.9. The molecule has 2 aliphatic rings. The highest BCUT2D eigenvalue weighted by molar-refractivity contribution is 7.89. The van der Waals surface area contributed by atoms with Gasteiger partial charge in [-0.15, -0.1) is 0 Å². The highest BCUT2D eigenvalue weighted by atomic mass is 35.5. The van der Waals surface area contributed by atoms with Crippen LogP contribution >= 0.6 is 23.2 Å². The van der Waals surface area contributed by atoms with Gasteiger partial charge in [0.2, 0.25) is 11.8 Å². The summed E-state index contributed by atoms with van der Waals surface area (Å²) in [5, 5.41) is 2.79. The van der Waals surface area contributed by atoms with Gasteiger partial charge in [0, 0.05) is 18.9 Å². The number of likely N-dealkylation sites (tertiary alicyclic amines) is 1. The van der Waals surface area contributed by atoms with Crippen LogP contribution < -0.4 is 5.32 Å². The zero-order chi connectivity index (χ0) is 22.9. The first-order valence-corrected chi connectivity index (χ1v) is 12.3. The van der Waals surface area contributed by atoms with Gasteiger partial charge in [0.25, 0.3) is 10.0 Å². The van der Waals surface area contributed by atoms with Crippen molar-refractivity contribution in [3.05, 3.63) is 76.5 Å². The van der Waals surface area contributed by atoms with Crippen molar-refractivity contribution < 1.29 is 18.0 Å². The van der Waals surface area contributed by atoms with E-state index in [1.807, 2.05) is 30.3 Å². The van der Waals surface area contributed by atoms with Crippen molar-refractivity contribution in [1.29, 1.82) is 0 Å². The van der Waals surface area contributed by atoms with Gasteiger partial charge in [-0.05, 0) is 36.6 Å². The number of benzene rings is 2. The molecule has 0 aliphatic carbocycles. The fraction of sp³-hybridized carbons (Fsp3) is 0.273. The molecule has 1 saturated heterocycles. The predicted molar refractivity (Wildman–Crippen MR) is 121 cm³/mol. The maximum atomic E-state index is 13.3. The molecule has 0 saturated carbocycles. The van der Waals surface area contributed by atoms with Gasteiger partial charge < -0.3 is 10.2 Å². The second-order valence-electron chi connectivity index (χ2n) is 7.61. The Morgan fingerprint density at radius 3 is 2.56 bits per heavy atom. The quantitative estimate of drug-likeness (QED) is 0.687. The fourth-order valence-electron chi connectivity index (χ4n) is 4.07. The zero-order valence-electron chi connectivity index (χ0n) is 16.9. The summed E-state index contributed by atoms with van der Waals surface area (Å²) in [4.78, 5) is 27.4. The summed E-state index contributed by atoms with van der Waals surface area (Å²) in [5.74, 6) is -0.846. The Morgan fingerprint density at radius 1 is 1.09 bits per heavy atom. The van der Waals surface area contributed by atoms with E-state index in [1.165, 1.54) is 30.6 Å². The van der Waals surface area contributed by atoms with Crippen LogP contribution in [-0.2, 0) is 19.6 Å². The number of rotatable bonds is 5. The van der Waals surface area contributed by atoms with Gasteiger partial charge >= 0.3 is 0 Å². The topological polar surface area (TPSA) is 86.8 Å². The molecule has 1 fully saturated rings. The third-order valence-corrected chi connectivity index (χ3v) is 8.17. The first-order chi connectivity index (χ1) is 15.3. The van der Waals surface area contributed by atoms with Crippen molar-refractivity contribution in [3.8, 4) is 0 Å². The number of carbonyl (C=O) groups excluding carboxylic acids is 2. The largest absolute Gasteiger partial charge is 0.336 e. The van der Waals surface area contributed by atoms with Gasteiger partial charge in [0.05, 0.1) is 27.4 Å². The summed E-state index contributed by atoms with van der Waals surface area (Å²) in [7, 11) is -4.15. The maximum Gasteiger partial charge on any atom is 0.264 e. The van der Waals surface area contributed by atoms with Gasteiger partial charge in [0.1, 0.15) is 6.04 Å². The molecule has 32 heavy (non-hydrogen) atoms. The van der Waals surface area contributed by atoms with E-state index in [4.69, 9.17) is 23.2 Å². The molecule has 0 radical (unpaired) electrons. The third-order valence-electron chi connectivity index (χ3n) is 5.65. The van der Waals surface area contributed by atoms with Crippen LogP contribution in [0.2, 0.25) is 10.0 Å². The highest BCUT2D eigenvalue weighted by Crippen LogP contribution is 2.34. The van der Waals surface area contributed by atoms with Crippen LogP contribution in [0.25, 0.3) is 0 Å². The average molecular weight is 494 g/mol. The van der Waals surface area contributed by atoms with Gasteiger partial charge in [-0.3, -0.25) is 13.9 Å². The van der Waals surface area contributed by atoms with Crippen molar-refractivity contribution >= 4 is 45.0 Å². The lowest BCUT2D eigenvalue weighted by Crippen LogP contribution is -2.51. The highest BCUT2D eigenvalue weighted by Gasteiger charge is 2.39. The SMILES string of the molecule is O=C1NC=CN(S(=O)(=O)c2ccc(Cl)c(Cl)c2)[C@@H]1CC(=O)N1CCC[C@@H]1c1ccccc1. The minimum absolute atomic E-state index is 0.0774. The Balaban J connectivity index is 1.60. The van der Waals surface area contributed by atoms with Gasteiger partial charge in [-0.25, -0.2) is 8.42 Å². The molecule has 7 nitrogen and oxygen atoms in total. The summed E-state index contributed by atoms with van der Waals surface area (Å²) < 4.78 is 27.4. The normalized spacial score (nSPS) is 21.0. The molecule has 1 N–H and O–H groups in total. The number of nitrogens with one attached hydrogen (secondary N) is 1. The molecule has 2 heterocycles. The molecule has 10 heteroatoms. The lowest BCUT2D eigenvalue weighted by atomic mass is 10.0. The lowest BCUT2D eigenvalue weighted by Gasteiger charge is -2.33. The second-order valence-corrected chi connectivity index (χ2v) is 10.3. The number of halogens is 2. The molecule has 2 aromatic carbocycles. The van der Waals surface area contributed by atoms with Crippen molar-refractivity contribution in [2.45, 2.75) is 36.2 Å². The zero-order valence-corrected chi connectivity index (χ0v) is 19.3. The molecule has 2 aromatic rings. The minimum Gasteiger partial charge on any atom is -0.336 e. The molecule has 2 amide bonds. The monoisotopic (exact) mass is 493 g/mol. The minimum atomic E-state index is -4.15. The molecule has 0 spiro atoms. The van der Waals surface area contributed by atoms with E-state index >= 15 is 0 Å². The van der Waals surface area contributed by atoms with Crippen molar-refractivity contribution in [3.63, 3.8) is 0 Å². The average Bonchev–Trinajstić information content (AvgIpc) is 3.27. The van der Waals surface area contributed by atoms with E-state index in [0.29, 0.717) is 6.54 Å². The number of sulfonamides is 1. The van der Waals surface area contributed by atoms with E-state index in [-0.39, 0.29) is 33.3 Å². The first kappa shape index (κ1) is 22.6. The molecular formula is C22H21Cl2N3O4S. The standard InChI is InChI=1S/C22H21Cl2N3O4S/c23-17-9-8-16(13-18(17)24)32(30,31)27-12-10-25-22(29)20(27)14-21(28)26-11-4-7-19(26)15-5-2-1-3-6-15/h1-3,5-6,8-10,12-13,19-20H,4,7,11,14H2,(H,25,29)/t19-,20-/m1/s1. The van der Waals surface area contributed by atoms with E-state index in [2.05, 4.69) is 5.32 Å². The number of carbonyl (C=O) groups is 2. The van der Waals surface area contributed by atoms with Gasteiger partial charge in [-0.1, -0.05) is 53.5 Å². The van der Waals surface area contributed by atoms with Crippen LogP contribution in [0.5, 0.6) is 0 Å². The number of amides is 2. The van der Waals surface area contributed by atoms with Crippen LogP contribution in [-0.4, -0.2) is 42.0 Å². The predicted octanol–water partition coefficient (Wildman–Crippen LogP) is 3.71. The Kier molecular flexibility index (Phi) is 6.46. The van der Waals surface area contributed by atoms with E-state index < -0.39 is 22.0 Å². The summed E-state index contributed by atoms with van der Waals surface area (Å²) in [6.07, 6.45) is 3.86. The Morgan fingerprint density at radius 2 is 1.84 bits per heavy atom. The van der Waals surface area contributed by atoms with Gasteiger partial charge in [0.15, 0.2) is 0 Å². The molecule has 2 atom stereocenters. The molecular weight excluding hydrogens is 473 g/mol. The van der Waals surface area contributed by atoms with Gasteiger partial charge in [-0.2, -0.15) is 0 Å². The first-order valence-electron chi connectivity index (χ1n) is 10.1. The van der Waals surface area contributed by atoms with Crippen LogP contribution in [0.15, 0.2) is 65.8 Å². The van der Waals surface area contributed by atoms with Crippen molar-refractivity contribution in [2.24, 2.45) is 0 Å². The Bertz CT molecular complexity index is 1170. The molecule has 168 valence electrons. The van der Waals surface area contributed by atoms with Crippen LogP contribution in [0.1, 0.15) is 30.9 Å².